The Hall–Kier alpha value is -2.76. The van der Waals surface area contributed by atoms with E-state index in [1.807, 2.05) is 36.7 Å². The van der Waals surface area contributed by atoms with Crippen LogP contribution in [0.5, 0.6) is 0 Å². The van der Waals surface area contributed by atoms with Crippen LogP contribution in [0.25, 0.3) is 11.0 Å². The standard InChI is InChI=1S/C15H15N5O/c1-10-19-12-7-11(3-4-14(12)20(10)2)8-18-15(21)13-9-16-5-6-17-13/h3-7,9H,8H2,1-2H3,(H,18,21). The minimum atomic E-state index is -0.236. The second-order valence-corrected chi connectivity index (χ2v) is 4.81. The molecule has 0 saturated heterocycles. The SMILES string of the molecule is Cc1nc2cc(CNC(=O)c3cnccn3)ccc2n1C. The number of benzene rings is 1. The van der Waals surface area contributed by atoms with E-state index in [1.165, 1.54) is 18.6 Å². The number of hydrogen-bond acceptors (Lipinski definition) is 4. The number of carbonyl (C=O) groups is 1. The monoisotopic (exact) mass is 281 g/mol. The number of fused-ring (bicyclic) bond motifs is 1. The van der Waals surface area contributed by atoms with E-state index in [9.17, 15) is 4.79 Å². The summed E-state index contributed by atoms with van der Waals surface area (Å²) in [5.41, 5.74) is 3.32. The predicted molar refractivity (Wildman–Crippen MR) is 78.7 cm³/mol. The molecule has 6 heteroatoms. The minimum absolute atomic E-state index is 0.236. The van der Waals surface area contributed by atoms with Crippen LogP contribution in [0.1, 0.15) is 21.9 Å². The Bertz CT molecular complexity index is 794. The lowest BCUT2D eigenvalue weighted by Crippen LogP contribution is -2.23. The van der Waals surface area contributed by atoms with Gasteiger partial charge < -0.3 is 9.88 Å². The van der Waals surface area contributed by atoms with E-state index in [1.54, 1.807) is 0 Å². The van der Waals surface area contributed by atoms with Gasteiger partial charge in [-0.2, -0.15) is 0 Å². The van der Waals surface area contributed by atoms with Gasteiger partial charge in [0.05, 0.1) is 17.2 Å². The first-order chi connectivity index (χ1) is 10.1. The van der Waals surface area contributed by atoms with Crippen LogP contribution in [0.3, 0.4) is 0 Å². The smallest absolute Gasteiger partial charge is 0.271 e. The fraction of sp³-hybridized carbons (Fsp3) is 0.200. The van der Waals surface area contributed by atoms with Crippen molar-refractivity contribution in [3.05, 3.63) is 53.9 Å². The molecule has 0 atom stereocenters. The van der Waals surface area contributed by atoms with E-state index in [4.69, 9.17) is 0 Å². The van der Waals surface area contributed by atoms with Crippen molar-refractivity contribution in [2.24, 2.45) is 7.05 Å². The number of nitrogens with zero attached hydrogens (tertiary/aromatic N) is 4. The average Bonchev–Trinajstić information content (AvgIpc) is 2.80. The van der Waals surface area contributed by atoms with Gasteiger partial charge in [-0.1, -0.05) is 6.07 Å². The summed E-state index contributed by atoms with van der Waals surface area (Å²) in [7, 11) is 1.99. The molecule has 3 rings (SSSR count). The molecule has 1 aromatic carbocycles. The first-order valence-electron chi connectivity index (χ1n) is 6.61. The quantitative estimate of drug-likeness (QED) is 0.791. The number of hydrogen-bond donors (Lipinski definition) is 1. The molecule has 106 valence electrons. The maximum absolute atomic E-state index is 11.9. The Morgan fingerprint density at radius 3 is 2.95 bits per heavy atom. The van der Waals surface area contributed by atoms with Gasteiger partial charge in [0.2, 0.25) is 0 Å². The molecule has 0 aliphatic carbocycles. The molecule has 6 nitrogen and oxygen atoms in total. The molecule has 2 aromatic heterocycles. The second kappa shape index (κ2) is 5.32. The molecule has 21 heavy (non-hydrogen) atoms. The predicted octanol–water partition coefficient (Wildman–Crippen LogP) is 1.60. The van der Waals surface area contributed by atoms with Gasteiger partial charge in [0.15, 0.2) is 0 Å². The lowest BCUT2D eigenvalue weighted by Gasteiger charge is -2.05. The van der Waals surface area contributed by atoms with Crippen LogP contribution >= 0.6 is 0 Å². The van der Waals surface area contributed by atoms with Gasteiger partial charge in [0, 0.05) is 26.0 Å². The summed E-state index contributed by atoms with van der Waals surface area (Å²) in [6.45, 7) is 2.40. The largest absolute Gasteiger partial charge is 0.347 e. The zero-order chi connectivity index (χ0) is 14.8. The number of amides is 1. The van der Waals surface area contributed by atoms with E-state index in [0.29, 0.717) is 12.2 Å². The third-order valence-electron chi connectivity index (χ3n) is 3.42. The summed E-state index contributed by atoms with van der Waals surface area (Å²) in [5, 5.41) is 2.83. The van der Waals surface area contributed by atoms with Crippen molar-refractivity contribution >= 4 is 16.9 Å². The van der Waals surface area contributed by atoms with Crippen LogP contribution in [0.4, 0.5) is 0 Å². The van der Waals surface area contributed by atoms with E-state index >= 15 is 0 Å². The highest BCUT2D eigenvalue weighted by molar-refractivity contribution is 5.91. The van der Waals surface area contributed by atoms with Crippen LogP contribution in [0.15, 0.2) is 36.8 Å². The Balaban J connectivity index is 1.75. The molecule has 1 N–H and O–H groups in total. The maximum Gasteiger partial charge on any atom is 0.271 e. The summed E-state index contributed by atoms with van der Waals surface area (Å²) < 4.78 is 2.04. The van der Waals surface area contributed by atoms with Gasteiger partial charge in [-0.25, -0.2) is 9.97 Å². The number of nitrogens with one attached hydrogen (secondary N) is 1. The van der Waals surface area contributed by atoms with Gasteiger partial charge in [0.1, 0.15) is 11.5 Å². The highest BCUT2D eigenvalue weighted by Crippen LogP contribution is 2.16. The molecule has 0 spiro atoms. The molecule has 1 amide bonds. The van der Waals surface area contributed by atoms with E-state index in [0.717, 1.165) is 22.4 Å². The van der Waals surface area contributed by atoms with Crippen molar-refractivity contribution in [1.82, 2.24) is 24.8 Å². The molecular weight excluding hydrogens is 266 g/mol. The first-order valence-corrected chi connectivity index (χ1v) is 6.61. The molecule has 0 saturated carbocycles. The lowest BCUT2D eigenvalue weighted by atomic mass is 10.2. The minimum Gasteiger partial charge on any atom is -0.347 e. The number of carbonyl (C=O) groups excluding carboxylic acids is 1. The van der Waals surface area contributed by atoms with E-state index in [-0.39, 0.29) is 5.91 Å². The first kappa shape index (κ1) is 13.2. The van der Waals surface area contributed by atoms with Gasteiger partial charge in [-0.15, -0.1) is 0 Å². The maximum atomic E-state index is 11.9. The van der Waals surface area contributed by atoms with Gasteiger partial charge in [-0.05, 0) is 24.6 Å². The molecule has 0 aliphatic heterocycles. The van der Waals surface area contributed by atoms with Gasteiger partial charge >= 0.3 is 0 Å². The molecule has 0 bridgehead atoms. The zero-order valence-corrected chi connectivity index (χ0v) is 11.9. The van der Waals surface area contributed by atoms with Crippen molar-refractivity contribution in [1.29, 1.82) is 0 Å². The van der Waals surface area contributed by atoms with Crippen molar-refractivity contribution in [2.45, 2.75) is 13.5 Å². The Morgan fingerprint density at radius 1 is 1.33 bits per heavy atom. The van der Waals surface area contributed by atoms with Crippen LogP contribution < -0.4 is 5.32 Å². The summed E-state index contributed by atoms with van der Waals surface area (Å²) in [4.78, 5) is 24.2. The van der Waals surface area contributed by atoms with Crippen LogP contribution in [0, 0.1) is 6.92 Å². The molecule has 0 aliphatic rings. The summed E-state index contributed by atoms with van der Waals surface area (Å²) in [5.74, 6) is 0.728. The number of aryl methyl sites for hydroxylation is 2. The van der Waals surface area contributed by atoms with Crippen LogP contribution in [0.2, 0.25) is 0 Å². The average molecular weight is 281 g/mol. The fourth-order valence-electron chi connectivity index (χ4n) is 2.17. The van der Waals surface area contributed by atoms with E-state index in [2.05, 4.69) is 20.3 Å². The Labute approximate surface area is 121 Å². The Morgan fingerprint density at radius 2 is 2.19 bits per heavy atom. The molecule has 0 radical (unpaired) electrons. The number of rotatable bonds is 3. The van der Waals surface area contributed by atoms with E-state index < -0.39 is 0 Å². The molecule has 2 heterocycles. The highest BCUT2D eigenvalue weighted by Gasteiger charge is 2.08. The van der Waals surface area contributed by atoms with Crippen LogP contribution in [-0.2, 0) is 13.6 Å². The topological polar surface area (TPSA) is 72.7 Å². The van der Waals surface area contributed by atoms with Gasteiger partial charge in [-0.3, -0.25) is 9.78 Å². The second-order valence-electron chi connectivity index (χ2n) is 4.81. The van der Waals surface area contributed by atoms with Crippen LogP contribution in [-0.4, -0.2) is 25.4 Å². The third kappa shape index (κ3) is 2.60. The number of imidazole rings is 1. The lowest BCUT2D eigenvalue weighted by molar-refractivity contribution is 0.0945. The summed E-state index contributed by atoms with van der Waals surface area (Å²) in [6.07, 6.45) is 4.48. The van der Waals surface area contributed by atoms with Crippen molar-refractivity contribution < 1.29 is 4.79 Å². The highest BCUT2D eigenvalue weighted by atomic mass is 16.1. The van der Waals surface area contributed by atoms with Crippen molar-refractivity contribution in [2.75, 3.05) is 0 Å². The van der Waals surface area contributed by atoms with Gasteiger partial charge in [0.25, 0.3) is 5.91 Å². The Kier molecular flexibility index (Phi) is 3.35. The van der Waals surface area contributed by atoms with Crippen molar-refractivity contribution in [3.8, 4) is 0 Å². The summed E-state index contributed by atoms with van der Waals surface area (Å²) in [6, 6.07) is 5.98. The normalized spacial score (nSPS) is 10.8. The third-order valence-corrected chi connectivity index (χ3v) is 3.42. The molecule has 0 fully saturated rings. The zero-order valence-electron chi connectivity index (χ0n) is 11.9. The number of aromatic nitrogens is 4. The summed E-state index contributed by atoms with van der Waals surface area (Å²) >= 11 is 0. The molecule has 3 aromatic rings. The van der Waals surface area contributed by atoms with Crippen molar-refractivity contribution in [3.63, 3.8) is 0 Å². The molecule has 0 unspecified atom stereocenters. The fourth-order valence-corrected chi connectivity index (χ4v) is 2.17. The molecular formula is C15H15N5O.